The minimum atomic E-state index is -3.97. The molecule has 0 bridgehead atoms. The van der Waals surface area contributed by atoms with Crippen LogP contribution in [0.15, 0.2) is 77.7 Å². The second-order valence-electron chi connectivity index (χ2n) is 7.02. The fraction of sp³-hybridized carbons (Fsp3) is 0.0909. The first kappa shape index (κ1) is 19.8. The van der Waals surface area contributed by atoms with Crippen LogP contribution in [-0.2, 0) is 14.8 Å². The Kier molecular flexibility index (Phi) is 4.89. The molecular weight excluding hydrogens is 402 g/mol. The molecule has 4 rings (SSSR count). The number of aryl methyl sites for hydroxylation is 1. The molecule has 8 heteroatoms. The lowest BCUT2D eigenvalue weighted by Gasteiger charge is -2.37. The van der Waals surface area contributed by atoms with Crippen molar-refractivity contribution in [2.24, 2.45) is 5.14 Å². The maximum Gasteiger partial charge on any atom is 0.259 e. The van der Waals surface area contributed by atoms with E-state index in [2.05, 4.69) is 5.32 Å². The first-order valence-corrected chi connectivity index (χ1v) is 10.7. The van der Waals surface area contributed by atoms with Crippen molar-refractivity contribution in [2.45, 2.75) is 17.9 Å². The van der Waals surface area contributed by atoms with Crippen LogP contribution in [0, 0.1) is 6.92 Å². The predicted octanol–water partition coefficient (Wildman–Crippen LogP) is 2.98. The van der Waals surface area contributed by atoms with E-state index in [0.717, 1.165) is 5.56 Å². The first-order chi connectivity index (χ1) is 14.3. The third-order valence-electron chi connectivity index (χ3n) is 5.03. The minimum absolute atomic E-state index is 0.150. The van der Waals surface area contributed by atoms with Gasteiger partial charge >= 0.3 is 0 Å². The summed E-state index contributed by atoms with van der Waals surface area (Å²) in [4.78, 5) is 27.9. The van der Waals surface area contributed by atoms with Crippen LogP contribution in [0.2, 0.25) is 0 Å². The van der Waals surface area contributed by atoms with Crippen LogP contribution in [0.5, 0.6) is 0 Å². The fourth-order valence-corrected chi connectivity index (χ4v) is 4.10. The van der Waals surface area contributed by atoms with Crippen molar-refractivity contribution in [3.05, 3.63) is 89.5 Å². The number of amides is 2. The number of nitrogens with zero attached hydrogens (tertiary/aromatic N) is 1. The zero-order valence-electron chi connectivity index (χ0n) is 16.1. The highest BCUT2D eigenvalue weighted by atomic mass is 32.2. The van der Waals surface area contributed by atoms with E-state index in [1.807, 2.05) is 25.1 Å². The van der Waals surface area contributed by atoms with Gasteiger partial charge in [0.1, 0.15) is 6.04 Å². The molecule has 3 aromatic carbocycles. The second-order valence-corrected chi connectivity index (χ2v) is 8.58. The Morgan fingerprint density at radius 1 is 1.00 bits per heavy atom. The molecule has 0 spiro atoms. The average Bonchev–Trinajstić information content (AvgIpc) is 2.72. The van der Waals surface area contributed by atoms with Gasteiger partial charge in [-0.3, -0.25) is 14.5 Å². The van der Waals surface area contributed by atoms with Gasteiger partial charge < -0.3 is 5.32 Å². The number of carbonyl (C=O) groups excluding carboxylic acids is 2. The zero-order chi connectivity index (χ0) is 21.5. The summed E-state index contributed by atoms with van der Waals surface area (Å²) in [6, 6.07) is 19.2. The van der Waals surface area contributed by atoms with E-state index in [0.29, 0.717) is 16.8 Å². The summed E-state index contributed by atoms with van der Waals surface area (Å²) in [5.74, 6) is -0.802. The molecule has 3 aromatic rings. The van der Waals surface area contributed by atoms with Gasteiger partial charge in [-0.1, -0.05) is 48.5 Å². The number of nitrogens with one attached hydrogen (secondary N) is 1. The number of nitrogens with two attached hydrogens (primary N) is 1. The molecule has 2 amide bonds. The summed E-state index contributed by atoms with van der Waals surface area (Å²) in [5, 5.41) is 7.95. The van der Waals surface area contributed by atoms with Gasteiger partial charge in [0.05, 0.1) is 16.3 Å². The van der Waals surface area contributed by atoms with Gasteiger partial charge in [0.2, 0.25) is 10.0 Å². The van der Waals surface area contributed by atoms with Gasteiger partial charge in [-0.15, -0.1) is 0 Å². The molecule has 0 radical (unpaired) electrons. The third-order valence-corrected chi connectivity index (χ3v) is 5.94. The monoisotopic (exact) mass is 421 g/mol. The summed E-state index contributed by atoms with van der Waals surface area (Å²) >= 11 is 0. The molecule has 1 aliphatic rings. The summed E-state index contributed by atoms with van der Waals surface area (Å²) in [6.45, 7) is 1.82. The lowest BCUT2D eigenvalue weighted by molar-refractivity contribution is -0.117. The average molecular weight is 421 g/mol. The van der Waals surface area contributed by atoms with Crippen molar-refractivity contribution in [1.29, 1.82) is 0 Å². The Hall–Kier alpha value is -3.49. The smallest absolute Gasteiger partial charge is 0.259 e. The van der Waals surface area contributed by atoms with Crippen LogP contribution < -0.4 is 15.4 Å². The summed E-state index contributed by atoms with van der Waals surface area (Å²) in [5.41, 5.74) is 2.46. The second kappa shape index (κ2) is 7.40. The molecule has 1 heterocycles. The summed E-state index contributed by atoms with van der Waals surface area (Å²) < 4.78 is 23.5. The third kappa shape index (κ3) is 3.47. The van der Waals surface area contributed by atoms with E-state index in [1.165, 1.54) is 23.1 Å². The van der Waals surface area contributed by atoms with Crippen molar-refractivity contribution in [1.82, 2.24) is 0 Å². The maximum absolute atomic E-state index is 13.6. The van der Waals surface area contributed by atoms with Crippen LogP contribution in [0.1, 0.15) is 27.5 Å². The van der Waals surface area contributed by atoms with E-state index in [1.54, 1.807) is 36.4 Å². The highest BCUT2D eigenvalue weighted by molar-refractivity contribution is 7.89. The van der Waals surface area contributed by atoms with E-state index in [4.69, 9.17) is 5.14 Å². The van der Waals surface area contributed by atoms with Gasteiger partial charge in [0.25, 0.3) is 11.8 Å². The molecule has 0 saturated heterocycles. The molecule has 1 atom stereocenters. The van der Waals surface area contributed by atoms with Crippen molar-refractivity contribution in [3.8, 4) is 0 Å². The molecule has 30 heavy (non-hydrogen) atoms. The molecule has 152 valence electrons. The highest BCUT2D eigenvalue weighted by Gasteiger charge is 2.39. The van der Waals surface area contributed by atoms with Crippen LogP contribution in [0.3, 0.4) is 0 Å². The predicted molar refractivity (Wildman–Crippen MR) is 114 cm³/mol. The molecule has 1 aliphatic heterocycles. The number of anilines is 2. The van der Waals surface area contributed by atoms with E-state index >= 15 is 0 Å². The Morgan fingerprint density at radius 2 is 1.67 bits per heavy atom. The zero-order valence-corrected chi connectivity index (χ0v) is 16.9. The fourth-order valence-electron chi connectivity index (χ4n) is 3.56. The quantitative estimate of drug-likeness (QED) is 0.677. The van der Waals surface area contributed by atoms with Gasteiger partial charge in [-0.05, 0) is 42.3 Å². The lowest BCUT2D eigenvalue weighted by atomic mass is 9.98. The molecule has 1 unspecified atom stereocenters. The summed E-state index contributed by atoms with van der Waals surface area (Å²) in [7, 11) is -3.97. The van der Waals surface area contributed by atoms with E-state index in [-0.39, 0.29) is 16.5 Å². The molecule has 0 aromatic heterocycles. The van der Waals surface area contributed by atoms with Crippen LogP contribution in [0.25, 0.3) is 0 Å². The van der Waals surface area contributed by atoms with E-state index in [9.17, 15) is 18.0 Å². The van der Waals surface area contributed by atoms with Crippen LogP contribution in [-0.4, -0.2) is 20.2 Å². The SMILES string of the molecule is Cc1ccccc1C(=O)N1c2ccc(S(N)(=O)=O)cc2NC(=O)C1c1ccccc1. The minimum Gasteiger partial charge on any atom is -0.322 e. The Morgan fingerprint density at radius 3 is 2.33 bits per heavy atom. The van der Waals surface area contributed by atoms with Crippen molar-refractivity contribution < 1.29 is 18.0 Å². The Bertz CT molecular complexity index is 1260. The number of sulfonamides is 1. The van der Waals surface area contributed by atoms with E-state index < -0.39 is 22.0 Å². The van der Waals surface area contributed by atoms with Gasteiger partial charge in [0.15, 0.2) is 0 Å². The largest absolute Gasteiger partial charge is 0.322 e. The number of rotatable bonds is 3. The standard InChI is InChI=1S/C22H19N3O4S/c1-14-7-5-6-10-17(14)22(27)25-19-12-11-16(30(23,28)29)13-18(19)24-21(26)20(25)15-8-3-2-4-9-15/h2-13,20H,1H3,(H,24,26)(H2,23,28,29). The Labute approximate surface area is 174 Å². The lowest BCUT2D eigenvalue weighted by Crippen LogP contribution is -2.45. The maximum atomic E-state index is 13.6. The first-order valence-electron chi connectivity index (χ1n) is 9.19. The molecule has 0 aliphatic carbocycles. The van der Waals surface area contributed by atoms with Gasteiger partial charge in [-0.25, -0.2) is 13.6 Å². The number of hydrogen-bond donors (Lipinski definition) is 2. The number of carbonyl (C=O) groups is 2. The topological polar surface area (TPSA) is 110 Å². The number of primary sulfonamides is 1. The molecule has 7 nitrogen and oxygen atoms in total. The van der Waals surface area contributed by atoms with Gasteiger partial charge in [0, 0.05) is 5.56 Å². The van der Waals surface area contributed by atoms with Crippen molar-refractivity contribution in [2.75, 3.05) is 10.2 Å². The number of hydrogen-bond acceptors (Lipinski definition) is 4. The Balaban J connectivity index is 1.92. The molecular formula is C22H19N3O4S. The van der Waals surface area contributed by atoms with Crippen molar-refractivity contribution in [3.63, 3.8) is 0 Å². The normalized spacial score (nSPS) is 16.0. The highest BCUT2D eigenvalue weighted by Crippen LogP contribution is 2.40. The molecule has 0 saturated carbocycles. The summed E-state index contributed by atoms with van der Waals surface area (Å²) in [6.07, 6.45) is 0. The molecule has 0 fully saturated rings. The number of fused-ring (bicyclic) bond motifs is 1. The van der Waals surface area contributed by atoms with Crippen LogP contribution >= 0.6 is 0 Å². The van der Waals surface area contributed by atoms with Crippen molar-refractivity contribution >= 4 is 33.2 Å². The number of benzene rings is 3. The van der Waals surface area contributed by atoms with Crippen LogP contribution in [0.4, 0.5) is 11.4 Å². The van der Waals surface area contributed by atoms with Gasteiger partial charge in [-0.2, -0.15) is 0 Å². The molecule has 3 N–H and O–H groups in total.